The summed E-state index contributed by atoms with van der Waals surface area (Å²) in [4.78, 5) is 0. The predicted molar refractivity (Wildman–Crippen MR) is 72.7 cm³/mol. The van der Waals surface area contributed by atoms with E-state index in [1.54, 1.807) is 36.0 Å². The Balaban J connectivity index is 2.00. The maximum absolute atomic E-state index is 5.62. The molecule has 104 valence electrons. The van der Waals surface area contributed by atoms with E-state index in [0.29, 0.717) is 0 Å². The number of methoxy groups -OCH3 is 2. The van der Waals surface area contributed by atoms with Crippen LogP contribution < -0.4 is 0 Å². The van der Waals surface area contributed by atoms with E-state index in [0.717, 1.165) is 0 Å². The fraction of sp³-hybridized carbons (Fsp3) is 0.286. The van der Waals surface area contributed by atoms with Crippen molar-refractivity contribution < 1.29 is 9.47 Å². The van der Waals surface area contributed by atoms with E-state index in [-0.39, 0.29) is 0 Å². The SMILES string of the molecule is COC1(n2cccn2)C=CC(OC)(n2cccn2)C=C1. The Morgan fingerprint density at radius 2 is 1.15 bits per heavy atom. The minimum Gasteiger partial charge on any atom is -0.350 e. The van der Waals surface area contributed by atoms with Crippen molar-refractivity contribution in [3.8, 4) is 0 Å². The van der Waals surface area contributed by atoms with E-state index >= 15 is 0 Å². The lowest BCUT2D eigenvalue weighted by atomic mass is 10.0. The Kier molecular flexibility index (Phi) is 3.04. The normalized spacial score (nSPS) is 28.9. The van der Waals surface area contributed by atoms with E-state index in [2.05, 4.69) is 10.2 Å². The van der Waals surface area contributed by atoms with Gasteiger partial charge in [-0.1, -0.05) is 0 Å². The molecule has 0 spiro atoms. The third-order valence-corrected chi connectivity index (χ3v) is 3.50. The molecule has 0 atom stereocenters. The molecule has 0 aromatic carbocycles. The molecule has 1 aliphatic rings. The van der Waals surface area contributed by atoms with Gasteiger partial charge in [0.25, 0.3) is 0 Å². The number of ether oxygens (including phenoxy) is 2. The lowest BCUT2D eigenvalue weighted by Gasteiger charge is -2.35. The Hall–Kier alpha value is -2.18. The van der Waals surface area contributed by atoms with Crippen molar-refractivity contribution in [3.05, 3.63) is 61.2 Å². The smallest absolute Gasteiger partial charge is 0.199 e. The van der Waals surface area contributed by atoms with Gasteiger partial charge in [0.1, 0.15) is 0 Å². The van der Waals surface area contributed by atoms with E-state index < -0.39 is 11.4 Å². The van der Waals surface area contributed by atoms with Crippen molar-refractivity contribution in [2.45, 2.75) is 11.4 Å². The maximum atomic E-state index is 5.62. The first-order chi connectivity index (χ1) is 9.75. The van der Waals surface area contributed by atoms with E-state index in [1.807, 2.05) is 48.8 Å². The molecule has 0 bridgehead atoms. The van der Waals surface area contributed by atoms with E-state index in [4.69, 9.17) is 9.47 Å². The standard InChI is InChI=1S/C14H16N4O2/c1-19-13(17-11-3-9-15-17)5-7-14(20-2,8-6-13)18-12-4-10-16-18/h3-12H,1-2H3. The highest BCUT2D eigenvalue weighted by Crippen LogP contribution is 2.32. The van der Waals surface area contributed by atoms with Crippen LogP contribution in [-0.2, 0) is 20.9 Å². The highest BCUT2D eigenvalue weighted by atomic mass is 16.5. The minimum atomic E-state index is -0.737. The molecule has 6 heteroatoms. The third-order valence-electron chi connectivity index (χ3n) is 3.50. The van der Waals surface area contributed by atoms with Gasteiger partial charge in [-0.25, -0.2) is 9.36 Å². The van der Waals surface area contributed by atoms with Crippen molar-refractivity contribution in [1.82, 2.24) is 19.6 Å². The third kappa shape index (κ3) is 1.81. The van der Waals surface area contributed by atoms with E-state index in [1.165, 1.54) is 0 Å². The highest BCUT2D eigenvalue weighted by Gasteiger charge is 2.37. The van der Waals surface area contributed by atoms with Gasteiger partial charge in [0.2, 0.25) is 0 Å². The van der Waals surface area contributed by atoms with Crippen LogP contribution in [0.2, 0.25) is 0 Å². The molecule has 3 rings (SSSR count). The van der Waals surface area contributed by atoms with Gasteiger partial charge >= 0.3 is 0 Å². The quantitative estimate of drug-likeness (QED) is 0.792. The van der Waals surface area contributed by atoms with E-state index in [9.17, 15) is 0 Å². The number of nitrogens with zero attached hydrogens (tertiary/aromatic N) is 4. The van der Waals surface area contributed by atoms with Crippen molar-refractivity contribution in [3.63, 3.8) is 0 Å². The van der Waals surface area contributed by atoms with Crippen molar-refractivity contribution in [2.24, 2.45) is 0 Å². The predicted octanol–water partition coefficient (Wildman–Crippen LogP) is 1.50. The first kappa shape index (κ1) is 12.8. The summed E-state index contributed by atoms with van der Waals surface area (Å²) in [6, 6.07) is 3.71. The molecule has 0 amide bonds. The Bertz CT molecular complexity index is 545. The summed E-state index contributed by atoms with van der Waals surface area (Å²) in [5.41, 5.74) is -1.47. The van der Waals surface area contributed by atoms with Crippen LogP contribution in [0, 0.1) is 0 Å². The van der Waals surface area contributed by atoms with Crippen molar-refractivity contribution in [2.75, 3.05) is 14.2 Å². The van der Waals surface area contributed by atoms with Crippen LogP contribution in [0.3, 0.4) is 0 Å². The number of hydrogen-bond acceptors (Lipinski definition) is 4. The average molecular weight is 272 g/mol. The second kappa shape index (κ2) is 4.73. The average Bonchev–Trinajstić information content (AvgIpc) is 3.20. The van der Waals surface area contributed by atoms with Crippen molar-refractivity contribution >= 4 is 0 Å². The fourth-order valence-electron chi connectivity index (χ4n) is 2.30. The monoisotopic (exact) mass is 272 g/mol. The maximum Gasteiger partial charge on any atom is 0.199 e. The van der Waals surface area contributed by atoms with Gasteiger partial charge in [-0.3, -0.25) is 0 Å². The zero-order valence-corrected chi connectivity index (χ0v) is 11.4. The van der Waals surface area contributed by atoms with Crippen LogP contribution in [0.5, 0.6) is 0 Å². The van der Waals surface area contributed by atoms with Crippen LogP contribution in [0.25, 0.3) is 0 Å². The van der Waals surface area contributed by atoms with Gasteiger partial charge in [-0.2, -0.15) is 10.2 Å². The van der Waals surface area contributed by atoms with Gasteiger partial charge in [-0.05, 0) is 36.4 Å². The molecule has 0 saturated carbocycles. The summed E-state index contributed by atoms with van der Waals surface area (Å²) in [6.07, 6.45) is 14.8. The fourth-order valence-corrected chi connectivity index (χ4v) is 2.30. The zero-order valence-electron chi connectivity index (χ0n) is 11.4. The summed E-state index contributed by atoms with van der Waals surface area (Å²) in [5.74, 6) is 0. The molecule has 2 heterocycles. The van der Waals surface area contributed by atoms with Crippen LogP contribution in [0.15, 0.2) is 61.2 Å². The molecule has 0 N–H and O–H groups in total. The minimum absolute atomic E-state index is 0.737. The molecule has 0 radical (unpaired) electrons. The lowest BCUT2D eigenvalue weighted by Crippen LogP contribution is -2.40. The van der Waals surface area contributed by atoms with Crippen LogP contribution in [0.1, 0.15) is 0 Å². The van der Waals surface area contributed by atoms with Gasteiger partial charge in [0, 0.05) is 39.0 Å². The molecule has 20 heavy (non-hydrogen) atoms. The molecular weight excluding hydrogens is 256 g/mol. The van der Waals surface area contributed by atoms with Crippen LogP contribution in [-0.4, -0.2) is 33.8 Å². The number of hydrogen-bond donors (Lipinski definition) is 0. The molecule has 2 aromatic heterocycles. The van der Waals surface area contributed by atoms with Crippen LogP contribution in [0.4, 0.5) is 0 Å². The van der Waals surface area contributed by atoms with Gasteiger partial charge in [0.05, 0.1) is 0 Å². The number of rotatable bonds is 4. The summed E-state index contributed by atoms with van der Waals surface area (Å²) in [5, 5.41) is 8.49. The summed E-state index contributed by atoms with van der Waals surface area (Å²) < 4.78 is 14.7. The number of aromatic nitrogens is 4. The summed E-state index contributed by atoms with van der Waals surface area (Å²) in [7, 11) is 3.29. The molecule has 0 aliphatic heterocycles. The summed E-state index contributed by atoms with van der Waals surface area (Å²) in [6.45, 7) is 0. The van der Waals surface area contributed by atoms with Crippen LogP contribution >= 0.6 is 0 Å². The largest absolute Gasteiger partial charge is 0.350 e. The molecule has 6 nitrogen and oxygen atoms in total. The Morgan fingerprint density at radius 3 is 1.40 bits per heavy atom. The second-order valence-corrected chi connectivity index (χ2v) is 4.48. The first-order valence-corrected chi connectivity index (χ1v) is 6.26. The van der Waals surface area contributed by atoms with Gasteiger partial charge < -0.3 is 9.47 Å². The summed E-state index contributed by atoms with van der Waals surface area (Å²) >= 11 is 0. The molecule has 0 unspecified atom stereocenters. The Morgan fingerprint density at radius 1 is 0.750 bits per heavy atom. The van der Waals surface area contributed by atoms with Gasteiger partial charge in [-0.15, -0.1) is 0 Å². The molecular formula is C14H16N4O2. The molecule has 0 fully saturated rings. The Labute approximate surface area is 116 Å². The molecule has 1 aliphatic carbocycles. The van der Waals surface area contributed by atoms with Crippen molar-refractivity contribution in [1.29, 1.82) is 0 Å². The van der Waals surface area contributed by atoms with Gasteiger partial charge in [0.15, 0.2) is 11.4 Å². The highest BCUT2D eigenvalue weighted by molar-refractivity contribution is 5.25. The lowest BCUT2D eigenvalue weighted by molar-refractivity contribution is -0.0318. The molecule has 0 saturated heterocycles. The molecule has 2 aromatic rings. The zero-order chi connectivity index (χ0) is 14.1. The first-order valence-electron chi connectivity index (χ1n) is 6.26. The topological polar surface area (TPSA) is 54.1 Å². The second-order valence-electron chi connectivity index (χ2n) is 4.48.